The van der Waals surface area contributed by atoms with Gasteiger partial charge in [-0.15, -0.1) is 0 Å². The molecule has 1 amide bonds. The van der Waals surface area contributed by atoms with Gasteiger partial charge in [-0.25, -0.2) is 18.6 Å². The molecule has 3 aliphatic rings. The summed E-state index contributed by atoms with van der Waals surface area (Å²) in [5.74, 6) is 0.362. The molecule has 2 atom stereocenters. The zero-order valence-electron chi connectivity index (χ0n) is 16.5. The first-order valence-corrected chi connectivity index (χ1v) is 10.4. The number of rotatable bonds is 4. The Hall–Kier alpha value is -3.11. The van der Waals surface area contributed by atoms with E-state index in [-0.39, 0.29) is 18.0 Å². The van der Waals surface area contributed by atoms with Crippen LogP contribution in [0.25, 0.3) is 16.6 Å². The molecular weight excluding hydrogens is 411 g/mol. The van der Waals surface area contributed by atoms with Crippen LogP contribution in [-0.4, -0.2) is 66.0 Å². The Balaban J connectivity index is 1.30. The van der Waals surface area contributed by atoms with E-state index in [9.17, 15) is 18.0 Å². The number of carbonyl (C=O) groups excluding carboxylic acids is 1. The van der Waals surface area contributed by atoms with Gasteiger partial charge in [0.25, 0.3) is 5.91 Å². The monoisotopic (exact) mass is 431 g/mol. The van der Waals surface area contributed by atoms with E-state index in [0.717, 1.165) is 18.4 Å². The molecule has 1 aliphatic carbocycles. The standard InChI is InChI=1S/C20H20F3N7O/c21-19(22)29-8-13(6-25-29)12-5-16-17(24-11-26-28(16)7-12)27-9-14-1-2-15(10-27)30(14)18(31)20(23)3-4-20/h5-8,11,14-15,19H,1-4,9-10H2. The summed E-state index contributed by atoms with van der Waals surface area (Å²) in [6.45, 7) is -1.54. The van der Waals surface area contributed by atoms with Crippen LogP contribution in [0.5, 0.6) is 0 Å². The van der Waals surface area contributed by atoms with Gasteiger partial charge in [0.05, 0.1) is 6.20 Å². The van der Waals surface area contributed by atoms with Crippen LogP contribution in [0.1, 0.15) is 32.2 Å². The second-order valence-corrected chi connectivity index (χ2v) is 8.60. The molecule has 0 N–H and O–H groups in total. The second-order valence-electron chi connectivity index (χ2n) is 8.60. The van der Waals surface area contributed by atoms with Gasteiger partial charge in [-0.05, 0) is 31.7 Å². The maximum atomic E-state index is 14.4. The molecule has 0 spiro atoms. The van der Waals surface area contributed by atoms with Gasteiger partial charge in [0.1, 0.15) is 11.8 Å². The highest BCUT2D eigenvalue weighted by atomic mass is 19.3. The minimum atomic E-state index is -2.70. The van der Waals surface area contributed by atoms with Crippen molar-refractivity contribution < 1.29 is 18.0 Å². The Morgan fingerprint density at radius 3 is 2.48 bits per heavy atom. The lowest BCUT2D eigenvalue weighted by Crippen LogP contribution is -2.58. The molecule has 1 saturated carbocycles. The lowest BCUT2D eigenvalue weighted by Gasteiger charge is -2.42. The van der Waals surface area contributed by atoms with Gasteiger partial charge >= 0.3 is 6.55 Å². The molecule has 5 heterocycles. The van der Waals surface area contributed by atoms with Crippen molar-refractivity contribution in [3.63, 3.8) is 0 Å². The van der Waals surface area contributed by atoms with Crippen molar-refractivity contribution in [2.45, 2.75) is 50.0 Å². The fourth-order valence-electron chi connectivity index (χ4n) is 4.87. The van der Waals surface area contributed by atoms with Gasteiger partial charge in [-0.2, -0.15) is 19.0 Å². The van der Waals surface area contributed by atoms with Crippen LogP contribution in [0.15, 0.2) is 31.0 Å². The van der Waals surface area contributed by atoms with Crippen LogP contribution >= 0.6 is 0 Å². The molecule has 6 rings (SSSR count). The van der Waals surface area contributed by atoms with Crippen molar-refractivity contribution in [3.8, 4) is 11.1 Å². The molecule has 31 heavy (non-hydrogen) atoms. The van der Waals surface area contributed by atoms with Crippen LogP contribution in [-0.2, 0) is 4.79 Å². The van der Waals surface area contributed by atoms with Crippen molar-refractivity contribution in [2.24, 2.45) is 0 Å². The Bertz CT molecular complexity index is 1160. The zero-order valence-corrected chi connectivity index (χ0v) is 16.5. The van der Waals surface area contributed by atoms with Crippen molar-refractivity contribution >= 4 is 17.2 Å². The molecule has 3 fully saturated rings. The molecule has 2 unspecified atom stereocenters. The summed E-state index contributed by atoms with van der Waals surface area (Å²) in [5.41, 5.74) is 0.360. The largest absolute Gasteiger partial charge is 0.351 e. The average Bonchev–Trinajstić information content (AvgIpc) is 3.11. The Kier molecular flexibility index (Phi) is 3.87. The minimum Gasteiger partial charge on any atom is -0.351 e. The zero-order chi connectivity index (χ0) is 21.3. The highest BCUT2D eigenvalue weighted by Crippen LogP contribution is 2.45. The van der Waals surface area contributed by atoms with Crippen LogP contribution in [0.2, 0.25) is 0 Å². The lowest BCUT2D eigenvalue weighted by atomic mass is 10.1. The van der Waals surface area contributed by atoms with Crippen LogP contribution in [0, 0.1) is 0 Å². The third-order valence-electron chi connectivity index (χ3n) is 6.61. The number of alkyl halides is 3. The van der Waals surface area contributed by atoms with E-state index in [0.29, 0.717) is 47.6 Å². The van der Waals surface area contributed by atoms with E-state index >= 15 is 0 Å². The van der Waals surface area contributed by atoms with Gasteiger partial charge in [0.15, 0.2) is 11.5 Å². The first kappa shape index (κ1) is 18.6. The smallest absolute Gasteiger partial charge is 0.333 e. The fraction of sp³-hybridized carbons (Fsp3) is 0.500. The van der Waals surface area contributed by atoms with Crippen molar-refractivity contribution in [2.75, 3.05) is 18.0 Å². The highest BCUT2D eigenvalue weighted by molar-refractivity contribution is 5.89. The Morgan fingerprint density at radius 1 is 1.10 bits per heavy atom. The number of hydrogen-bond acceptors (Lipinski definition) is 5. The van der Waals surface area contributed by atoms with E-state index in [4.69, 9.17) is 0 Å². The molecule has 2 bridgehead atoms. The van der Waals surface area contributed by atoms with Gasteiger partial charge < -0.3 is 9.80 Å². The third-order valence-corrected chi connectivity index (χ3v) is 6.61. The number of halogens is 3. The maximum Gasteiger partial charge on any atom is 0.333 e. The topological polar surface area (TPSA) is 71.6 Å². The highest BCUT2D eigenvalue weighted by Gasteiger charge is 2.57. The lowest BCUT2D eigenvalue weighted by molar-refractivity contribution is -0.141. The summed E-state index contributed by atoms with van der Waals surface area (Å²) >= 11 is 0. The minimum absolute atomic E-state index is 0.0341. The van der Waals surface area contributed by atoms with E-state index < -0.39 is 12.2 Å². The number of anilines is 1. The third kappa shape index (κ3) is 2.89. The summed E-state index contributed by atoms with van der Waals surface area (Å²) in [4.78, 5) is 21.0. The predicted octanol–water partition coefficient (Wildman–Crippen LogP) is 2.67. The molecule has 8 nitrogen and oxygen atoms in total. The number of carbonyl (C=O) groups is 1. The quantitative estimate of drug-likeness (QED) is 0.635. The normalized spacial score (nSPS) is 24.4. The number of hydrogen-bond donors (Lipinski definition) is 0. The molecule has 2 aliphatic heterocycles. The molecule has 3 aromatic heterocycles. The van der Waals surface area contributed by atoms with Gasteiger partial charge in [0, 0.05) is 48.7 Å². The van der Waals surface area contributed by atoms with Crippen LogP contribution < -0.4 is 4.90 Å². The summed E-state index contributed by atoms with van der Waals surface area (Å²) < 4.78 is 42.4. The van der Waals surface area contributed by atoms with Crippen molar-refractivity contribution in [1.29, 1.82) is 0 Å². The molecular formula is C20H20F3N7O. The fourth-order valence-corrected chi connectivity index (χ4v) is 4.87. The molecule has 0 radical (unpaired) electrons. The van der Waals surface area contributed by atoms with Crippen LogP contribution in [0.3, 0.4) is 0 Å². The molecule has 3 aromatic rings. The number of amides is 1. The molecule has 0 aromatic carbocycles. The SMILES string of the molecule is O=C(N1C2CCC1CN(c1ncnn3cc(-c4cnn(C(F)F)c4)cc13)C2)C1(F)CC1. The summed E-state index contributed by atoms with van der Waals surface area (Å²) in [6.07, 6.45) is 8.24. The predicted molar refractivity (Wildman–Crippen MR) is 104 cm³/mol. The summed E-state index contributed by atoms with van der Waals surface area (Å²) in [6, 6.07) is 1.78. The first-order valence-electron chi connectivity index (χ1n) is 10.4. The molecule has 11 heteroatoms. The average molecular weight is 431 g/mol. The van der Waals surface area contributed by atoms with Crippen LogP contribution in [0.4, 0.5) is 19.0 Å². The number of aromatic nitrogens is 5. The maximum absolute atomic E-state index is 14.4. The Morgan fingerprint density at radius 2 is 1.84 bits per heavy atom. The van der Waals surface area contributed by atoms with E-state index in [2.05, 4.69) is 20.1 Å². The number of fused-ring (bicyclic) bond motifs is 3. The van der Waals surface area contributed by atoms with Crippen molar-refractivity contribution in [1.82, 2.24) is 29.3 Å². The van der Waals surface area contributed by atoms with Gasteiger partial charge in [-0.1, -0.05) is 0 Å². The van der Waals surface area contributed by atoms with Crippen molar-refractivity contribution in [3.05, 3.63) is 31.0 Å². The van der Waals surface area contributed by atoms with Gasteiger partial charge in [-0.3, -0.25) is 4.79 Å². The van der Waals surface area contributed by atoms with Gasteiger partial charge in [0.2, 0.25) is 0 Å². The van der Waals surface area contributed by atoms with E-state index in [1.165, 1.54) is 18.7 Å². The number of piperazine rings is 1. The van der Waals surface area contributed by atoms with E-state index in [1.54, 1.807) is 15.6 Å². The molecule has 162 valence electrons. The summed E-state index contributed by atoms with van der Waals surface area (Å²) in [7, 11) is 0. The summed E-state index contributed by atoms with van der Waals surface area (Å²) in [5, 5.41) is 7.95. The first-order chi connectivity index (χ1) is 14.9. The number of nitrogens with zero attached hydrogens (tertiary/aromatic N) is 7. The van der Waals surface area contributed by atoms with E-state index in [1.807, 2.05) is 6.07 Å². The second kappa shape index (κ2) is 6.44. The molecule has 2 saturated heterocycles. The Labute approximate surface area is 175 Å².